The van der Waals surface area contributed by atoms with Crippen molar-refractivity contribution in [1.82, 2.24) is 10.0 Å². The molecule has 0 fully saturated rings. The van der Waals surface area contributed by atoms with Gasteiger partial charge in [-0.05, 0) is 35.7 Å². The van der Waals surface area contributed by atoms with Crippen LogP contribution in [0.15, 0.2) is 56.9 Å². The van der Waals surface area contributed by atoms with E-state index in [1.54, 1.807) is 0 Å². The van der Waals surface area contributed by atoms with Gasteiger partial charge in [0.25, 0.3) is 5.91 Å². The highest BCUT2D eigenvalue weighted by Crippen LogP contribution is 2.36. The molecule has 146 valence electrons. The molecular weight excluding hydrogens is 396 g/mol. The highest BCUT2D eigenvalue weighted by Gasteiger charge is 2.38. The normalized spacial score (nSPS) is 14.4. The summed E-state index contributed by atoms with van der Waals surface area (Å²) in [5, 5.41) is 12.7. The molecule has 2 aromatic rings. The van der Waals surface area contributed by atoms with Gasteiger partial charge in [-0.1, -0.05) is 6.07 Å². The van der Waals surface area contributed by atoms with Crippen molar-refractivity contribution in [2.45, 2.75) is 36.4 Å². The van der Waals surface area contributed by atoms with Crippen molar-refractivity contribution in [3.63, 3.8) is 0 Å². The van der Waals surface area contributed by atoms with Gasteiger partial charge >= 0.3 is 0 Å². The molecule has 1 aromatic carbocycles. The minimum Gasteiger partial charge on any atom is -0.352 e. The van der Waals surface area contributed by atoms with E-state index in [0.29, 0.717) is 31.4 Å². The number of benzene rings is 1. The molecule has 1 amide bonds. The molecule has 0 saturated heterocycles. The molecule has 1 aliphatic rings. The fourth-order valence-electron chi connectivity index (χ4n) is 2.59. The number of amides is 1. The minimum absolute atomic E-state index is 0.115. The SMILES string of the molecule is C#CCCC1(CCNC(=O)c2ccc(S(=O)(=O)NCc3cccs3)cc2)N=N1. The number of hydrogen-bond acceptors (Lipinski definition) is 6. The van der Waals surface area contributed by atoms with Gasteiger partial charge in [0.1, 0.15) is 0 Å². The first kappa shape index (κ1) is 20.2. The zero-order valence-corrected chi connectivity index (χ0v) is 16.7. The number of nitrogens with one attached hydrogen (secondary N) is 2. The smallest absolute Gasteiger partial charge is 0.251 e. The van der Waals surface area contributed by atoms with Crippen LogP contribution in [0.3, 0.4) is 0 Å². The molecule has 2 N–H and O–H groups in total. The first-order chi connectivity index (χ1) is 13.4. The topological polar surface area (TPSA) is 100.0 Å². The van der Waals surface area contributed by atoms with Crippen LogP contribution in [0, 0.1) is 12.3 Å². The van der Waals surface area contributed by atoms with E-state index in [0.717, 1.165) is 4.88 Å². The summed E-state index contributed by atoms with van der Waals surface area (Å²) < 4.78 is 27.2. The predicted octanol–water partition coefficient (Wildman–Crippen LogP) is 2.92. The summed E-state index contributed by atoms with van der Waals surface area (Å²) in [5.74, 6) is 2.29. The lowest BCUT2D eigenvalue weighted by atomic mass is 10.0. The van der Waals surface area contributed by atoms with Crippen LogP contribution in [0.25, 0.3) is 0 Å². The first-order valence-electron chi connectivity index (χ1n) is 8.72. The van der Waals surface area contributed by atoms with Gasteiger partial charge in [-0.3, -0.25) is 4.79 Å². The zero-order valence-electron chi connectivity index (χ0n) is 15.1. The van der Waals surface area contributed by atoms with Crippen LogP contribution in [-0.2, 0) is 16.6 Å². The van der Waals surface area contributed by atoms with E-state index in [4.69, 9.17) is 6.42 Å². The Balaban J connectivity index is 1.50. The maximum absolute atomic E-state index is 12.3. The highest BCUT2D eigenvalue weighted by atomic mass is 32.2. The Kier molecular flexibility index (Phi) is 6.24. The van der Waals surface area contributed by atoms with E-state index in [9.17, 15) is 13.2 Å². The van der Waals surface area contributed by atoms with Crippen LogP contribution >= 0.6 is 11.3 Å². The number of carbonyl (C=O) groups is 1. The molecule has 0 aliphatic carbocycles. The van der Waals surface area contributed by atoms with Gasteiger partial charge in [0.15, 0.2) is 5.66 Å². The lowest BCUT2D eigenvalue weighted by Crippen LogP contribution is -2.28. The molecule has 7 nitrogen and oxygen atoms in total. The summed E-state index contributed by atoms with van der Waals surface area (Å²) in [7, 11) is -3.63. The van der Waals surface area contributed by atoms with Gasteiger partial charge in [0.05, 0.1) is 4.90 Å². The van der Waals surface area contributed by atoms with Crippen LogP contribution in [0.1, 0.15) is 34.5 Å². The summed E-state index contributed by atoms with van der Waals surface area (Å²) >= 11 is 1.48. The predicted molar refractivity (Wildman–Crippen MR) is 107 cm³/mol. The van der Waals surface area contributed by atoms with Crippen LogP contribution in [-0.4, -0.2) is 26.5 Å². The van der Waals surface area contributed by atoms with Crippen molar-refractivity contribution in [1.29, 1.82) is 0 Å². The summed E-state index contributed by atoms with van der Waals surface area (Å²) in [6, 6.07) is 9.56. The van der Waals surface area contributed by atoms with Crippen molar-refractivity contribution in [2.75, 3.05) is 6.54 Å². The Morgan fingerprint density at radius 1 is 1.18 bits per heavy atom. The number of terminal acetylenes is 1. The van der Waals surface area contributed by atoms with Crippen molar-refractivity contribution in [3.8, 4) is 12.3 Å². The van der Waals surface area contributed by atoms with E-state index >= 15 is 0 Å². The van der Waals surface area contributed by atoms with E-state index in [1.807, 2.05) is 17.5 Å². The summed E-state index contributed by atoms with van der Waals surface area (Å²) in [4.78, 5) is 13.3. The Morgan fingerprint density at radius 3 is 2.54 bits per heavy atom. The number of nitrogens with zero attached hydrogens (tertiary/aromatic N) is 2. The Morgan fingerprint density at radius 2 is 1.93 bits per heavy atom. The average Bonchev–Trinajstić information content (AvgIpc) is 3.26. The Labute approximate surface area is 168 Å². The third-order valence-electron chi connectivity index (χ3n) is 4.31. The standard InChI is InChI=1S/C19H20N4O3S2/c1-2-3-10-19(22-23-19)11-12-20-18(24)15-6-8-17(9-7-15)28(25,26)21-14-16-5-4-13-27-16/h1,4-9,13,21H,3,10-12,14H2,(H,20,24). The monoisotopic (exact) mass is 416 g/mol. The van der Waals surface area contributed by atoms with E-state index in [-0.39, 0.29) is 17.3 Å². The number of rotatable bonds is 10. The van der Waals surface area contributed by atoms with Gasteiger partial charge in [0.2, 0.25) is 10.0 Å². The summed E-state index contributed by atoms with van der Waals surface area (Å²) in [6.45, 7) is 0.651. The first-order valence-corrected chi connectivity index (χ1v) is 11.1. The number of sulfonamides is 1. The Hall–Kier alpha value is -2.54. The second kappa shape index (κ2) is 8.65. The van der Waals surface area contributed by atoms with E-state index < -0.39 is 15.7 Å². The van der Waals surface area contributed by atoms with Crippen molar-refractivity contribution in [3.05, 3.63) is 52.2 Å². The van der Waals surface area contributed by atoms with E-state index in [1.165, 1.54) is 35.6 Å². The molecule has 1 aliphatic heterocycles. The fourth-order valence-corrected chi connectivity index (χ4v) is 4.34. The Bertz CT molecular complexity index is 985. The average molecular weight is 417 g/mol. The van der Waals surface area contributed by atoms with Crippen molar-refractivity contribution < 1.29 is 13.2 Å². The van der Waals surface area contributed by atoms with Gasteiger partial charge in [0, 0.05) is 42.8 Å². The maximum atomic E-state index is 12.3. The molecule has 0 spiro atoms. The largest absolute Gasteiger partial charge is 0.352 e. The second-order valence-corrected chi connectivity index (χ2v) is 9.12. The minimum atomic E-state index is -3.63. The third-order valence-corrected chi connectivity index (χ3v) is 6.60. The number of hydrogen-bond donors (Lipinski definition) is 2. The van der Waals surface area contributed by atoms with Crippen molar-refractivity contribution >= 4 is 27.3 Å². The zero-order chi connectivity index (χ0) is 20.0. The molecule has 1 aromatic heterocycles. The fraction of sp³-hybridized carbons (Fsp3) is 0.316. The van der Waals surface area contributed by atoms with Crippen molar-refractivity contribution in [2.24, 2.45) is 10.2 Å². The van der Waals surface area contributed by atoms with Gasteiger partial charge in [-0.2, -0.15) is 10.2 Å². The lowest BCUT2D eigenvalue weighted by molar-refractivity contribution is 0.0952. The highest BCUT2D eigenvalue weighted by molar-refractivity contribution is 7.89. The molecule has 3 rings (SSSR count). The molecule has 0 bridgehead atoms. The van der Waals surface area contributed by atoms with Crippen LogP contribution in [0.4, 0.5) is 0 Å². The number of thiophene rings is 1. The quantitative estimate of drug-likeness (QED) is 0.583. The molecule has 0 saturated carbocycles. The molecule has 0 radical (unpaired) electrons. The van der Waals surface area contributed by atoms with Crippen LogP contribution in [0.2, 0.25) is 0 Å². The van der Waals surface area contributed by atoms with Gasteiger partial charge in [-0.15, -0.1) is 23.7 Å². The van der Waals surface area contributed by atoms with Gasteiger partial charge < -0.3 is 5.32 Å². The molecule has 0 atom stereocenters. The second-order valence-electron chi connectivity index (χ2n) is 6.32. The molecule has 0 unspecified atom stereocenters. The summed E-state index contributed by atoms with van der Waals surface area (Å²) in [6.07, 6.45) is 7.13. The van der Waals surface area contributed by atoms with Crippen LogP contribution < -0.4 is 10.0 Å². The molecule has 28 heavy (non-hydrogen) atoms. The van der Waals surface area contributed by atoms with Gasteiger partial charge in [-0.25, -0.2) is 13.1 Å². The lowest BCUT2D eigenvalue weighted by Gasteiger charge is -2.10. The molecular formula is C19H20N4O3S2. The van der Waals surface area contributed by atoms with Crippen LogP contribution in [0.5, 0.6) is 0 Å². The van der Waals surface area contributed by atoms with E-state index in [2.05, 4.69) is 26.2 Å². The number of carbonyl (C=O) groups excluding carboxylic acids is 1. The third kappa shape index (κ3) is 5.25. The molecule has 2 heterocycles. The summed E-state index contributed by atoms with van der Waals surface area (Å²) in [5.41, 5.74) is -0.0502. The molecule has 9 heteroatoms. The maximum Gasteiger partial charge on any atom is 0.251 e.